The number of carbonyl (C=O) groups is 1. The van der Waals surface area contributed by atoms with Gasteiger partial charge in [-0.25, -0.2) is 4.79 Å². The number of rotatable bonds is 5. The first kappa shape index (κ1) is 23.1. The second-order valence-electron chi connectivity index (χ2n) is 9.29. The Bertz CT molecular complexity index is 927. The van der Waals surface area contributed by atoms with Gasteiger partial charge in [0.2, 0.25) is 0 Å². The molecule has 1 amide bonds. The van der Waals surface area contributed by atoms with E-state index in [9.17, 15) is 18.0 Å². The van der Waals surface area contributed by atoms with Crippen LogP contribution in [0.1, 0.15) is 51.9 Å². The molecule has 0 radical (unpaired) electrons. The third-order valence-corrected chi connectivity index (χ3v) is 4.59. The molecule has 0 aliphatic carbocycles. The zero-order chi connectivity index (χ0) is 23.0. The first-order valence-corrected chi connectivity index (χ1v) is 9.94. The van der Waals surface area contributed by atoms with Gasteiger partial charge in [0, 0.05) is 23.4 Å². The molecule has 0 unspecified atom stereocenters. The van der Waals surface area contributed by atoms with Gasteiger partial charge in [-0.3, -0.25) is 9.67 Å². The molecular formula is C21H27F3N4O3. The molecule has 7 nitrogen and oxygen atoms in total. The maximum Gasteiger partial charge on any atom is 0.435 e. The standard InChI is InChI=1S/C21H27F3N4O3/c1-19(2,3)31-18(29)26-20(4,5)12-28-16(8-17(27-28)21(22,23)24)13-6-7-15(25-9-13)14-10-30-11-14/h6-9,14H,10-12H2,1-5H3,(H,26,29). The molecule has 0 atom stereocenters. The molecule has 1 fully saturated rings. The number of amides is 1. The van der Waals surface area contributed by atoms with Crippen molar-refractivity contribution in [3.05, 3.63) is 35.8 Å². The Balaban J connectivity index is 1.86. The van der Waals surface area contributed by atoms with Crippen LogP contribution in [0.25, 0.3) is 11.3 Å². The second kappa shape index (κ2) is 8.14. The van der Waals surface area contributed by atoms with Crippen LogP contribution in [0, 0.1) is 0 Å². The zero-order valence-electron chi connectivity index (χ0n) is 18.2. The van der Waals surface area contributed by atoms with Crippen molar-refractivity contribution >= 4 is 6.09 Å². The fourth-order valence-corrected chi connectivity index (χ4v) is 3.11. The van der Waals surface area contributed by atoms with E-state index >= 15 is 0 Å². The molecule has 10 heteroatoms. The summed E-state index contributed by atoms with van der Waals surface area (Å²) >= 11 is 0. The summed E-state index contributed by atoms with van der Waals surface area (Å²) in [5.41, 5.74) is -1.03. The highest BCUT2D eigenvalue weighted by molar-refractivity contribution is 5.68. The predicted molar refractivity (Wildman–Crippen MR) is 107 cm³/mol. The topological polar surface area (TPSA) is 78.3 Å². The summed E-state index contributed by atoms with van der Waals surface area (Å²) in [5, 5.41) is 6.46. The van der Waals surface area contributed by atoms with Crippen LogP contribution in [-0.2, 0) is 22.2 Å². The first-order valence-electron chi connectivity index (χ1n) is 9.94. The van der Waals surface area contributed by atoms with E-state index in [1.54, 1.807) is 46.8 Å². The normalized spacial score (nSPS) is 15.5. The number of pyridine rings is 1. The van der Waals surface area contributed by atoms with E-state index in [0.29, 0.717) is 18.8 Å². The fraction of sp³-hybridized carbons (Fsp3) is 0.571. The summed E-state index contributed by atoms with van der Waals surface area (Å²) < 4.78 is 51.7. The number of aromatic nitrogens is 3. The third kappa shape index (κ3) is 5.96. The number of alkyl carbamates (subject to hydrolysis) is 1. The van der Waals surface area contributed by atoms with Crippen molar-refractivity contribution in [1.82, 2.24) is 20.1 Å². The van der Waals surface area contributed by atoms with Gasteiger partial charge in [-0.15, -0.1) is 0 Å². The lowest BCUT2D eigenvalue weighted by atomic mass is 10.0. The van der Waals surface area contributed by atoms with Gasteiger partial charge in [-0.1, -0.05) is 0 Å². The third-order valence-electron chi connectivity index (χ3n) is 4.59. The number of alkyl halides is 3. The molecule has 0 bridgehead atoms. The minimum atomic E-state index is -4.60. The highest BCUT2D eigenvalue weighted by atomic mass is 19.4. The average Bonchev–Trinajstić information content (AvgIpc) is 2.94. The molecule has 170 valence electrons. The first-order chi connectivity index (χ1) is 14.2. The number of hydrogen-bond donors (Lipinski definition) is 1. The van der Waals surface area contributed by atoms with E-state index in [-0.39, 0.29) is 18.2 Å². The number of ether oxygens (including phenoxy) is 2. The summed E-state index contributed by atoms with van der Waals surface area (Å²) in [6, 6.07) is 4.51. The van der Waals surface area contributed by atoms with Gasteiger partial charge in [0.25, 0.3) is 0 Å². The van der Waals surface area contributed by atoms with Crippen molar-refractivity contribution in [2.75, 3.05) is 13.2 Å². The fourth-order valence-electron chi connectivity index (χ4n) is 3.11. The van der Waals surface area contributed by atoms with E-state index in [4.69, 9.17) is 9.47 Å². The van der Waals surface area contributed by atoms with Crippen LogP contribution in [0.3, 0.4) is 0 Å². The highest BCUT2D eigenvalue weighted by Gasteiger charge is 2.36. The molecular weight excluding hydrogens is 413 g/mol. The van der Waals surface area contributed by atoms with Crippen LogP contribution < -0.4 is 5.32 Å². The maximum absolute atomic E-state index is 13.4. The van der Waals surface area contributed by atoms with E-state index in [1.807, 2.05) is 0 Å². The van der Waals surface area contributed by atoms with Crippen LogP contribution in [-0.4, -0.2) is 45.2 Å². The van der Waals surface area contributed by atoms with Crippen LogP contribution in [0.5, 0.6) is 0 Å². The Kier molecular flexibility index (Phi) is 6.05. The lowest BCUT2D eigenvalue weighted by molar-refractivity contribution is -0.141. The summed E-state index contributed by atoms with van der Waals surface area (Å²) in [6.07, 6.45) is -3.72. The molecule has 3 heterocycles. The van der Waals surface area contributed by atoms with Crippen LogP contribution in [0.15, 0.2) is 24.4 Å². The lowest BCUT2D eigenvalue weighted by Crippen LogP contribution is -2.48. The van der Waals surface area contributed by atoms with Gasteiger partial charge in [0.15, 0.2) is 5.69 Å². The van der Waals surface area contributed by atoms with E-state index in [0.717, 1.165) is 11.8 Å². The van der Waals surface area contributed by atoms with Crippen molar-refractivity contribution in [1.29, 1.82) is 0 Å². The molecule has 3 rings (SSSR count). The molecule has 0 saturated carbocycles. The average molecular weight is 440 g/mol. The Labute approximate surface area is 178 Å². The van der Waals surface area contributed by atoms with Gasteiger partial charge in [0.05, 0.1) is 31.0 Å². The molecule has 2 aromatic rings. The van der Waals surface area contributed by atoms with E-state index in [1.165, 1.54) is 10.9 Å². The minimum Gasteiger partial charge on any atom is -0.444 e. The van der Waals surface area contributed by atoms with Crippen molar-refractivity contribution in [3.63, 3.8) is 0 Å². The number of hydrogen-bond acceptors (Lipinski definition) is 5. The van der Waals surface area contributed by atoms with Gasteiger partial charge in [-0.05, 0) is 52.8 Å². The van der Waals surface area contributed by atoms with Crippen molar-refractivity contribution in [2.45, 2.75) is 64.4 Å². The smallest absolute Gasteiger partial charge is 0.435 e. The number of halogens is 3. The van der Waals surface area contributed by atoms with Crippen molar-refractivity contribution in [2.24, 2.45) is 0 Å². The molecule has 0 aromatic carbocycles. The van der Waals surface area contributed by atoms with Crippen LogP contribution in [0.2, 0.25) is 0 Å². The van der Waals surface area contributed by atoms with Crippen LogP contribution in [0.4, 0.5) is 18.0 Å². The Morgan fingerprint density at radius 1 is 1.23 bits per heavy atom. The largest absolute Gasteiger partial charge is 0.444 e. The molecule has 1 N–H and O–H groups in total. The molecule has 1 saturated heterocycles. The second-order valence-corrected chi connectivity index (χ2v) is 9.29. The Morgan fingerprint density at radius 3 is 2.39 bits per heavy atom. The monoisotopic (exact) mass is 440 g/mol. The maximum atomic E-state index is 13.4. The number of carbonyl (C=O) groups excluding carboxylic acids is 1. The van der Waals surface area contributed by atoms with E-state index < -0.39 is 29.1 Å². The predicted octanol–water partition coefficient (Wildman–Crippen LogP) is 4.38. The lowest BCUT2D eigenvalue weighted by Gasteiger charge is -2.29. The van der Waals surface area contributed by atoms with E-state index in [2.05, 4.69) is 15.4 Å². The minimum absolute atomic E-state index is 0.00409. The molecule has 2 aromatic heterocycles. The molecule has 0 spiro atoms. The SMILES string of the molecule is CC(C)(Cn1nc(C(F)(F)F)cc1-c1ccc(C2COC2)nc1)NC(=O)OC(C)(C)C. The van der Waals surface area contributed by atoms with Crippen LogP contribution >= 0.6 is 0 Å². The Hall–Kier alpha value is -2.62. The molecule has 1 aliphatic rings. The summed E-state index contributed by atoms with van der Waals surface area (Å²) in [7, 11) is 0. The summed E-state index contributed by atoms with van der Waals surface area (Å²) in [4.78, 5) is 16.5. The Morgan fingerprint density at radius 2 is 1.90 bits per heavy atom. The summed E-state index contributed by atoms with van der Waals surface area (Å²) in [6.45, 7) is 9.74. The van der Waals surface area contributed by atoms with Gasteiger partial charge < -0.3 is 14.8 Å². The van der Waals surface area contributed by atoms with Crippen molar-refractivity contribution < 1.29 is 27.4 Å². The molecule has 1 aliphatic heterocycles. The van der Waals surface area contributed by atoms with Crippen molar-refractivity contribution in [3.8, 4) is 11.3 Å². The number of nitrogens with one attached hydrogen (secondary N) is 1. The van der Waals surface area contributed by atoms with Gasteiger partial charge in [0.1, 0.15) is 5.60 Å². The van der Waals surface area contributed by atoms with Gasteiger partial charge >= 0.3 is 12.3 Å². The van der Waals surface area contributed by atoms with Gasteiger partial charge in [-0.2, -0.15) is 18.3 Å². The summed E-state index contributed by atoms with van der Waals surface area (Å²) in [5.74, 6) is 0.210. The highest BCUT2D eigenvalue weighted by Crippen LogP contribution is 2.33. The molecule has 31 heavy (non-hydrogen) atoms. The zero-order valence-corrected chi connectivity index (χ0v) is 18.2. The quantitative estimate of drug-likeness (QED) is 0.747. The number of nitrogens with zero attached hydrogens (tertiary/aromatic N) is 3.